The maximum atomic E-state index is 12.8. The molecular formula is C21H21N3O4. The van der Waals surface area contributed by atoms with E-state index in [9.17, 15) is 19.5 Å². The zero-order chi connectivity index (χ0) is 20.0. The molecule has 144 valence electrons. The number of aliphatic hydroxyl groups excluding tert-OH is 1. The predicted octanol–water partition coefficient (Wildman–Crippen LogP) is 0.876. The van der Waals surface area contributed by atoms with Gasteiger partial charge in [-0.2, -0.15) is 0 Å². The molecule has 1 amide bonds. The van der Waals surface area contributed by atoms with Gasteiger partial charge in [0.15, 0.2) is 0 Å². The van der Waals surface area contributed by atoms with E-state index >= 15 is 0 Å². The number of amides is 1. The van der Waals surface area contributed by atoms with Crippen LogP contribution in [-0.4, -0.2) is 33.2 Å². The molecule has 2 aliphatic rings. The van der Waals surface area contributed by atoms with Crippen LogP contribution in [0, 0.1) is 0 Å². The van der Waals surface area contributed by atoms with E-state index in [0.29, 0.717) is 24.2 Å². The summed E-state index contributed by atoms with van der Waals surface area (Å²) in [6.45, 7) is 1.55. The van der Waals surface area contributed by atoms with Crippen molar-refractivity contribution in [2.75, 3.05) is 0 Å². The molecule has 0 bridgehead atoms. The van der Waals surface area contributed by atoms with Gasteiger partial charge < -0.3 is 20.7 Å². The van der Waals surface area contributed by atoms with Crippen LogP contribution >= 0.6 is 0 Å². The summed E-state index contributed by atoms with van der Waals surface area (Å²) in [6, 6.07) is 9.24. The number of fused-ring (bicyclic) bond motifs is 3. The number of benzene rings is 1. The largest absolute Gasteiger partial charge is 0.395 e. The molecule has 4 rings (SSSR count). The first-order valence-electron chi connectivity index (χ1n) is 9.16. The minimum absolute atomic E-state index is 0.0656. The van der Waals surface area contributed by atoms with E-state index in [1.165, 1.54) is 6.92 Å². The number of hydrogen-bond donors (Lipinski definition) is 3. The molecule has 1 aromatic carbocycles. The van der Waals surface area contributed by atoms with Crippen LogP contribution in [0.3, 0.4) is 0 Å². The van der Waals surface area contributed by atoms with Gasteiger partial charge >= 0.3 is 0 Å². The molecule has 28 heavy (non-hydrogen) atoms. The molecule has 1 aromatic heterocycles. The predicted molar refractivity (Wildman–Crippen MR) is 102 cm³/mol. The van der Waals surface area contributed by atoms with Crippen LogP contribution in [-0.2, 0) is 30.8 Å². The van der Waals surface area contributed by atoms with Crippen molar-refractivity contribution in [2.45, 2.75) is 39.0 Å². The van der Waals surface area contributed by atoms with Gasteiger partial charge in [0, 0.05) is 29.8 Å². The van der Waals surface area contributed by atoms with E-state index in [2.05, 4.69) is 5.32 Å². The van der Waals surface area contributed by atoms with Crippen LogP contribution in [0.4, 0.5) is 0 Å². The molecule has 4 N–H and O–H groups in total. The van der Waals surface area contributed by atoms with E-state index in [4.69, 9.17) is 5.73 Å². The standard InChI is InChI=1S/C21H21N3O4/c1-11-18(22)21(28)17-14(10-25)15-8-13(9-24(15)19(17)20(11)27)23-16(26)7-12-5-3-2-4-6-12/h2-6,13,25H,7-10,22H2,1H3,(H,23,26)/t13-/m1/s1. The number of aromatic nitrogens is 1. The fourth-order valence-corrected chi connectivity index (χ4v) is 4.09. The Bertz CT molecular complexity index is 1030. The summed E-state index contributed by atoms with van der Waals surface area (Å²) in [5.74, 6) is -0.823. The highest BCUT2D eigenvalue weighted by Crippen LogP contribution is 2.35. The smallest absolute Gasteiger partial charge is 0.224 e. The molecule has 2 aromatic rings. The summed E-state index contributed by atoms with van der Waals surface area (Å²) in [5, 5.41) is 12.8. The van der Waals surface area contributed by atoms with Crippen LogP contribution < -0.4 is 11.1 Å². The van der Waals surface area contributed by atoms with Gasteiger partial charge in [-0.3, -0.25) is 14.4 Å². The Labute approximate surface area is 161 Å². The maximum absolute atomic E-state index is 12.8. The van der Waals surface area contributed by atoms with E-state index < -0.39 is 5.78 Å². The van der Waals surface area contributed by atoms with Crippen molar-refractivity contribution in [3.63, 3.8) is 0 Å². The summed E-state index contributed by atoms with van der Waals surface area (Å²) < 4.78 is 1.75. The fraction of sp³-hybridized carbons (Fsp3) is 0.286. The summed E-state index contributed by atoms with van der Waals surface area (Å²) in [4.78, 5) is 37.7. The zero-order valence-corrected chi connectivity index (χ0v) is 15.5. The number of nitrogens with zero attached hydrogens (tertiary/aromatic N) is 1. The fourth-order valence-electron chi connectivity index (χ4n) is 4.09. The van der Waals surface area contributed by atoms with Gasteiger partial charge in [-0.15, -0.1) is 0 Å². The molecular weight excluding hydrogens is 358 g/mol. The van der Waals surface area contributed by atoms with Gasteiger partial charge in [-0.05, 0) is 12.5 Å². The molecule has 0 fully saturated rings. The first-order chi connectivity index (χ1) is 13.4. The normalized spacial score (nSPS) is 18.3. The molecule has 0 saturated carbocycles. The Morgan fingerprint density at radius 3 is 2.64 bits per heavy atom. The summed E-state index contributed by atoms with van der Waals surface area (Å²) in [5.41, 5.74) is 8.50. The molecule has 1 atom stereocenters. The maximum Gasteiger partial charge on any atom is 0.224 e. The lowest BCUT2D eigenvalue weighted by molar-refractivity contribution is -0.121. The lowest BCUT2D eigenvalue weighted by atomic mass is 9.90. The van der Waals surface area contributed by atoms with Crippen molar-refractivity contribution >= 4 is 17.5 Å². The first-order valence-corrected chi connectivity index (χ1v) is 9.16. The molecule has 7 heteroatoms. The molecule has 0 radical (unpaired) electrons. The number of carbonyl (C=O) groups excluding carboxylic acids is 3. The van der Waals surface area contributed by atoms with Crippen molar-refractivity contribution < 1.29 is 19.5 Å². The number of carbonyl (C=O) groups is 3. The summed E-state index contributed by atoms with van der Waals surface area (Å²) >= 11 is 0. The second-order valence-electron chi connectivity index (χ2n) is 7.25. The second-order valence-corrected chi connectivity index (χ2v) is 7.25. The minimum Gasteiger partial charge on any atom is -0.395 e. The number of rotatable bonds is 4. The number of nitrogens with two attached hydrogens (primary N) is 1. The van der Waals surface area contributed by atoms with E-state index in [1.807, 2.05) is 30.3 Å². The van der Waals surface area contributed by atoms with Gasteiger partial charge in [-0.1, -0.05) is 30.3 Å². The van der Waals surface area contributed by atoms with Crippen LogP contribution in [0.25, 0.3) is 0 Å². The van der Waals surface area contributed by atoms with Gasteiger partial charge in [0.1, 0.15) is 5.69 Å². The number of nitrogens with one attached hydrogen (secondary N) is 1. The summed E-state index contributed by atoms with van der Waals surface area (Å²) in [7, 11) is 0. The van der Waals surface area contributed by atoms with Crippen molar-refractivity contribution in [3.8, 4) is 0 Å². The average molecular weight is 379 g/mol. The quantitative estimate of drug-likeness (QED) is 0.729. The van der Waals surface area contributed by atoms with Crippen molar-refractivity contribution in [3.05, 3.63) is 69.7 Å². The van der Waals surface area contributed by atoms with Gasteiger partial charge in [-0.25, -0.2) is 0 Å². The number of Topliss-reactive ketones (excluding diaryl/α,β-unsaturated/α-hetero) is 2. The lowest BCUT2D eigenvalue weighted by Gasteiger charge is -2.18. The van der Waals surface area contributed by atoms with Crippen LogP contribution in [0.5, 0.6) is 0 Å². The molecule has 0 unspecified atom stereocenters. The zero-order valence-electron chi connectivity index (χ0n) is 15.5. The molecule has 0 saturated heterocycles. The van der Waals surface area contributed by atoms with Gasteiger partial charge in [0.25, 0.3) is 0 Å². The van der Waals surface area contributed by atoms with E-state index in [0.717, 1.165) is 5.56 Å². The van der Waals surface area contributed by atoms with Crippen molar-refractivity contribution in [1.82, 2.24) is 9.88 Å². The van der Waals surface area contributed by atoms with Crippen LogP contribution in [0.1, 0.15) is 44.6 Å². The Morgan fingerprint density at radius 1 is 1.25 bits per heavy atom. The second kappa shape index (κ2) is 6.76. The minimum atomic E-state index is -0.414. The van der Waals surface area contributed by atoms with Crippen LogP contribution in [0.2, 0.25) is 0 Å². The highest BCUT2D eigenvalue weighted by Gasteiger charge is 2.40. The number of hydrogen-bond acceptors (Lipinski definition) is 5. The molecule has 1 aliphatic heterocycles. The summed E-state index contributed by atoms with van der Waals surface area (Å²) in [6.07, 6.45) is 0.718. The monoisotopic (exact) mass is 379 g/mol. The molecule has 2 heterocycles. The van der Waals surface area contributed by atoms with E-state index in [-0.39, 0.29) is 53.3 Å². The highest BCUT2D eigenvalue weighted by atomic mass is 16.3. The topological polar surface area (TPSA) is 114 Å². The number of allylic oxidation sites excluding steroid dienone is 2. The number of aliphatic hydroxyl groups is 1. The van der Waals surface area contributed by atoms with Crippen molar-refractivity contribution in [1.29, 1.82) is 0 Å². The lowest BCUT2D eigenvalue weighted by Crippen LogP contribution is -2.37. The third kappa shape index (κ3) is 2.75. The Balaban J connectivity index is 1.58. The van der Waals surface area contributed by atoms with E-state index in [1.54, 1.807) is 4.57 Å². The Kier molecular flexibility index (Phi) is 4.39. The van der Waals surface area contributed by atoms with Gasteiger partial charge in [0.2, 0.25) is 17.5 Å². The first kappa shape index (κ1) is 18.2. The highest BCUT2D eigenvalue weighted by molar-refractivity contribution is 6.26. The SMILES string of the molecule is CC1=C(N)C(=O)c2c(CO)c3n(c2C1=O)C[C@H](NC(=O)Cc1ccccc1)C3. The third-order valence-corrected chi connectivity index (χ3v) is 5.49. The average Bonchev–Trinajstić information content (AvgIpc) is 3.21. The van der Waals surface area contributed by atoms with Crippen LogP contribution in [0.15, 0.2) is 41.6 Å². The van der Waals surface area contributed by atoms with Gasteiger partial charge in [0.05, 0.1) is 30.3 Å². The third-order valence-electron chi connectivity index (χ3n) is 5.49. The number of ketones is 2. The molecule has 1 aliphatic carbocycles. The van der Waals surface area contributed by atoms with Crippen molar-refractivity contribution in [2.24, 2.45) is 5.73 Å². The molecule has 0 spiro atoms. The Hall–Kier alpha value is -3.19. The Morgan fingerprint density at radius 2 is 1.96 bits per heavy atom. The molecule has 7 nitrogen and oxygen atoms in total.